The summed E-state index contributed by atoms with van der Waals surface area (Å²) in [6.45, 7) is 5.29. The van der Waals surface area contributed by atoms with Gasteiger partial charge in [0.25, 0.3) is 0 Å². The molecule has 1 aliphatic carbocycles. The number of nitrogens with one attached hydrogen (secondary N) is 2. The Morgan fingerprint density at radius 1 is 1.32 bits per heavy atom. The third-order valence-electron chi connectivity index (χ3n) is 4.66. The van der Waals surface area contributed by atoms with Gasteiger partial charge in [0.05, 0.1) is 0 Å². The highest BCUT2D eigenvalue weighted by Crippen LogP contribution is 2.44. The molecule has 0 saturated heterocycles. The van der Waals surface area contributed by atoms with Crippen LogP contribution >= 0.6 is 11.8 Å². The van der Waals surface area contributed by atoms with Crippen LogP contribution in [0.1, 0.15) is 32.6 Å². The van der Waals surface area contributed by atoms with Crippen LogP contribution in [0, 0.1) is 11.2 Å². The molecule has 0 spiro atoms. The molecule has 1 aliphatic rings. The van der Waals surface area contributed by atoms with E-state index in [1.54, 1.807) is 13.2 Å². The second kappa shape index (κ2) is 10.7. The molecular formula is C19H30FN3OS. The summed E-state index contributed by atoms with van der Waals surface area (Å²) in [5.41, 5.74) is 0.320. The van der Waals surface area contributed by atoms with Gasteiger partial charge in [-0.1, -0.05) is 18.6 Å². The zero-order valence-electron chi connectivity index (χ0n) is 15.3. The Bertz CT molecular complexity index is 549. The molecule has 1 saturated carbocycles. The van der Waals surface area contributed by atoms with E-state index in [4.69, 9.17) is 9.73 Å². The predicted octanol–water partition coefficient (Wildman–Crippen LogP) is 3.68. The zero-order chi connectivity index (χ0) is 18.0. The maximum atomic E-state index is 13.6. The second-order valence-electron chi connectivity index (χ2n) is 6.50. The topological polar surface area (TPSA) is 45.7 Å². The largest absolute Gasteiger partial charge is 0.385 e. The fourth-order valence-corrected chi connectivity index (χ4v) is 3.77. The first-order chi connectivity index (χ1) is 12.2. The number of ether oxygens (including phenoxy) is 1. The molecule has 0 radical (unpaired) electrons. The van der Waals surface area contributed by atoms with Crippen molar-refractivity contribution in [3.63, 3.8) is 0 Å². The summed E-state index contributed by atoms with van der Waals surface area (Å²) in [4.78, 5) is 5.47. The Balaban J connectivity index is 1.78. The molecule has 1 aromatic rings. The summed E-state index contributed by atoms with van der Waals surface area (Å²) >= 11 is 1.52. The van der Waals surface area contributed by atoms with Gasteiger partial charge in [0, 0.05) is 44.0 Å². The number of nitrogens with zero attached hydrogens (tertiary/aromatic N) is 1. The van der Waals surface area contributed by atoms with E-state index in [1.807, 2.05) is 12.1 Å². The van der Waals surface area contributed by atoms with Crippen LogP contribution in [0.4, 0.5) is 4.39 Å². The highest BCUT2D eigenvalue weighted by molar-refractivity contribution is 7.99. The maximum absolute atomic E-state index is 13.6. The number of thioether (sulfide) groups is 1. The van der Waals surface area contributed by atoms with Gasteiger partial charge in [0.1, 0.15) is 5.82 Å². The molecule has 0 aliphatic heterocycles. The molecule has 0 bridgehead atoms. The quantitative estimate of drug-likeness (QED) is 0.287. The SMILES string of the molecule is CCNC(=NCC1(CCOC)CCC1)NCCSc1ccccc1F. The number of methoxy groups -OCH3 is 1. The fourth-order valence-electron chi connectivity index (χ4n) is 2.96. The lowest BCUT2D eigenvalue weighted by atomic mass is 9.67. The minimum Gasteiger partial charge on any atom is -0.385 e. The van der Waals surface area contributed by atoms with Crippen molar-refractivity contribution in [1.29, 1.82) is 0 Å². The molecule has 0 unspecified atom stereocenters. The maximum Gasteiger partial charge on any atom is 0.191 e. The average Bonchev–Trinajstić information content (AvgIpc) is 2.58. The van der Waals surface area contributed by atoms with Gasteiger partial charge in [-0.05, 0) is 43.7 Å². The molecule has 6 heteroatoms. The normalized spacial score (nSPS) is 16.4. The van der Waals surface area contributed by atoms with Gasteiger partial charge in [-0.3, -0.25) is 4.99 Å². The van der Waals surface area contributed by atoms with Crippen LogP contribution in [-0.4, -0.2) is 45.1 Å². The lowest BCUT2D eigenvalue weighted by molar-refractivity contribution is 0.0778. The fraction of sp³-hybridized carbons (Fsp3) is 0.632. The lowest BCUT2D eigenvalue weighted by Crippen LogP contribution is -2.41. The minimum atomic E-state index is -0.154. The van der Waals surface area contributed by atoms with E-state index in [9.17, 15) is 4.39 Å². The van der Waals surface area contributed by atoms with E-state index in [0.717, 1.165) is 44.4 Å². The first-order valence-corrected chi connectivity index (χ1v) is 10.1. The van der Waals surface area contributed by atoms with Crippen LogP contribution in [0.25, 0.3) is 0 Å². The van der Waals surface area contributed by atoms with Gasteiger partial charge in [-0.2, -0.15) is 0 Å². The molecule has 2 N–H and O–H groups in total. The lowest BCUT2D eigenvalue weighted by Gasteiger charge is -2.40. The summed E-state index contributed by atoms with van der Waals surface area (Å²) in [6.07, 6.45) is 4.85. The Hall–Kier alpha value is -1.27. The molecule has 0 aromatic heterocycles. The van der Waals surface area contributed by atoms with E-state index in [2.05, 4.69) is 17.6 Å². The van der Waals surface area contributed by atoms with E-state index in [0.29, 0.717) is 10.3 Å². The van der Waals surface area contributed by atoms with Crippen molar-refractivity contribution in [3.05, 3.63) is 30.1 Å². The summed E-state index contributed by atoms with van der Waals surface area (Å²) in [5.74, 6) is 1.48. The van der Waals surface area contributed by atoms with Crippen LogP contribution < -0.4 is 10.6 Å². The number of aliphatic imine (C=N–C) groups is 1. The van der Waals surface area contributed by atoms with Crippen molar-refractivity contribution in [2.45, 2.75) is 37.5 Å². The standard InChI is InChI=1S/C19H30FN3OS/c1-3-21-18(23-15-19(9-6-10-19)11-13-24-2)22-12-14-25-17-8-5-4-7-16(17)20/h4-5,7-8H,3,6,9-15H2,1-2H3,(H2,21,22,23). The Kier molecular flexibility index (Phi) is 8.55. The Morgan fingerprint density at radius 3 is 2.76 bits per heavy atom. The van der Waals surface area contributed by atoms with Crippen LogP contribution in [0.3, 0.4) is 0 Å². The van der Waals surface area contributed by atoms with Gasteiger partial charge >= 0.3 is 0 Å². The number of benzene rings is 1. The van der Waals surface area contributed by atoms with Gasteiger partial charge < -0.3 is 15.4 Å². The summed E-state index contributed by atoms with van der Waals surface area (Å²) < 4.78 is 18.9. The highest BCUT2D eigenvalue weighted by atomic mass is 32.2. The van der Waals surface area contributed by atoms with E-state index in [1.165, 1.54) is 37.1 Å². The average molecular weight is 368 g/mol. The molecule has 140 valence electrons. The van der Waals surface area contributed by atoms with E-state index < -0.39 is 0 Å². The van der Waals surface area contributed by atoms with E-state index in [-0.39, 0.29) is 5.82 Å². The van der Waals surface area contributed by atoms with Crippen molar-refractivity contribution < 1.29 is 9.13 Å². The van der Waals surface area contributed by atoms with Crippen molar-refractivity contribution >= 4 is 17.7 Å². The summed E-state index contributed by atoms with van der Waals surface area (Å²) in [5, 5.41) is 6.65. The first-order valence-electron chi connectivity index (χ1n) is 9.07. The molecule has 25 heavy (non-hydrogen) atoms. The molecule has 2 rings (SSSR count). The predicted molar refractivity (Wildman–Crippen MR) is 104 cm³/mol. The molecule has 4 nitrogen and oxygen atoms in total. The van der Waals surface area contributed by atoms with Crippen molar-refractivity contribution in [3.8, 4) is 0 Å². The van der Waals surface area contributed by atoms with E-state index >= 15 is 0 Å². The van der Waals surface area contributed by atoms with Gasteiger partial charge in [0.15, 0.2) is 5.96 Å². The van der Waals surface area contributed by atoms with Crippen molar-refractivity contribution in [2.24, 2.45) is 10.4 Å². The van der Waals surface area contributed by atoms with Crippen LogP contribution in [0.5, 0.6) is 0 Å². The molecule has 0 heterocycles. The van der Waals surface area contributed by atoms with Crippen LogP contribution in [0.2, 0.25) is 0 Å². The molecule has 0 atom stereocenters. The third-order valence-corrected chi connectivity index (χ3v) is 5.71. The number of guanidine groups is 1. The molecule has 1 fully saturated rings. The number of hydrogen-bond donors (Lipinski definition) is 2. The van der Waals surface area contributed by atoms with Crippen molar-refractivity contribution in [1.82, 2.24) is 10.6 Å². The Labute approximate surface area is 155 Å². The number of rotatable bonds is 10. The van der Waals surface area contributed by atoms with Gasteiger partial charge in [-0.25, -0.2) is 4.39 Å². The summed E-state index contributed by atoms with van der Waals surface area (Å²) in [7, 11) is 1.76. The molecular weight excluding hydrogens is 337 g/mol. The van der Waals surface area contributed by atoms with Gasteiger partial charge in [0.2, 0.25) is 0 Å². The minimum absolute atomic E-state index is 0.154. The summed E-state index contributed by atoms with van der Waals surface area (Å²) in [6, 6.07) is 6.89. The smallest absolute Gasteiger partial charge is 0.191 e. The zero-order valence-corrected chi connectivity index (χ0v) is 16.1. The highest BCUT2D eigenvalue weighted by Gasteiger charge is 2.36. The Morgan fingerprint density at radius 2 is 2.12 bits per heavy atom. The van der Waals surface area contributed by atoms with Gasteiger partial charge in [-0.15, -0.1) is 11.8 Å². The number of halogens is 1. The second-order valence-corrected chi connectivity index (χ2v) is 7.63. The van der Waals surface area contributed by atoms with Crippen LogP contribution in [-0.2, 0) is 4.74 Å². The van der Waals surface area contributed by atoms with Crippen molar-refractivity contribution in [2.75, 3.05) is 39.1 Å². The monoisotopic (exact) mass is 367 g/mol. The third kappa shape index (κ3) is 6.51. The van der Waals surface area contributed by atoms with Crippen LogP contribution in [0.15, 0.2) is 34.2 Å². The molecule has 1 aromatic carbocycles. The first kappa shape index (κ1) is 20.0. The number of hydrogen-bond acceptors (Lipinski definition) is 3. The molecule has 0 amide bonds.